The minimum absolute atomic E-state index is 0.0419. The lowest BCUT2D eigenvalue weighted by Crippen LogP contribution is -2.40. The number of pyridine rings is 1. The van der Waals surface area contributed by atoms with E-state index in [4.69, 9.17) is 14.9 Å². The van der Waals surface area contributed by atoms with Crippen LogP contribution in [0.1, 0.15) is 34.9 Å². The lowest BCUT2D eigenvalue weighted by atomic mass is 10.1. The Hall–Kier alpha value is -3.27. The number of benzene rings is 1. The highest BCUT2D eigenvalue weighted by atomic mass is 32.2. The normalized spacial score (nSPS) is 13.2. The van der Waals surface area contributed by atoms with E-state index in [0.29, 0.717) is 0 Å². The van der Waals surface area contributed by atoms with Gasteiger partial charge in [0.1, 0.15) is 17.0 Å². The van der Waals surface area contributed by atoms with Gasteiger partial charge in [-0.2, -0.15) is 25.9 Å². The summed E-state index contributed by atoms with van der Waals surface area (Å²) in [5.74, 6) is -0.580. The van der Waals surface area contributed by atoms with Gasteiger partial charge in [0.25, 0.3) is 16.1 Å². The monoisotopic (exact) mass is 530 g/mol. The van der Waals surface area contributed by atoms with Gasteiger partial charge in [0, 0.05) is 38.1 Å². The van der Waals surface area contributed by atoms with Gasteiger partial charge >= 0.3 is 6.18 Å². The summed E-state index contributed by atoms with van der Waals surface area (Å²) < 4.78 is 77.3. The zero-order valence-corrected chi connectivity index (χ0v) is 20.6. The molecule has 4 N–H and O–H groups in total. The Morgan fingerprint density at radius 1 is 1.19 bits per heavy atom. The highest BCUT2D eigenvalue weighted by molar-refractivity contribution is 7.87. The molecular formula is C21H25F3N6O5S. The molecule has 0 saturated heterocycles. The number of methoxy groups -OCH3 is 1. The molecule has 15 heteroatoms. The fourth-order valence-corrected chi connectivity index (χ4v) is 3.81. The molecule has 0 radical (unpaired) electrons. The molecule has 36 heavy (non-hydrogen) atoms. The van der Waals surface area contributed by atoms with Crippen molar-refractivity contribution in [2.45, 2.75) is 19.1 Å². The van der Waals surface area contributed by atoms with Gasteiger partial charge in [-0.1, -0.05) is 0 Å². The number of nitrogens with two attached hydrogens (primary N) is 1. The van der Waals surface area contributed by atoms with Crippen LogP contribution in [0, 0.1) is 0 Å². The van der Waals surface area contributed by atoms with Gasteiger partial charge in [-0.05, 0) is 31.2 Å². The van der Waals surface area contributed by atoms with Crippen LogP contribution in [-0.4, -0.2) is 62.9 Å². The first-order valence-corrected chi connectivity index (χ1v) is 12.0. The van der Waals surface area contributed by atoms with E-state index >= 15 is 0 Å². The molecule has 3 aromatic rings. The summed E-state index contributed by atoms with van der Waals surface area (Å²) in [7, 11) is 0.353. The quantitative estimate of drug-likeness (QED) is 0.356. The van der Waals surface area contributed by atoms with Gasteiger partial charge < -0.3 is 20.2 Å². The summed E-state index contributed by atoms with van der Waals surface area (Å²) in [6.45, 7) is 1.43. The molecule has 0 fully saturated rings. The largest absolute Gasteiger partial charge is 0.494 e. The topological polar surface area (TPSA) is 153 Å². The Labute approximate surface area is 205 Å². The third-order valence-electron chi connectivity index (χ3n) is 5.02. The maximum Gasteiger partial charge on any atom is 0.433 e. The van der Waals surface area contributed by atoms with Crippen LogP contribution in [-0.2, 0) is 16.4 Å². The molecule has 0 saturated carbocycles. The highest BCUT2D eigenvalue weighted by Gasteiger charge is 2.33. The molecule has 0 bridgehead atoms. The van der Waals surface area contributed by atoms with Crippen molar-refractivity contribution in [2.75, 3.05) is 34.3 Å². The van der Waals surface area contributed by atoms with E-state index < -0.39 is 34.0 Å². The molecule has 1 amide bonds. The van der Waals surface area contributed by atoms with Crippen LogP contribution in [0.5, 0.6) is 5.75 Å². The maximum atomic E-state index is 13.2. The molecule has 2 heterocycles. The third-order valence-corrected chi connectivity index (χ3v) is 6.55. The van der Waals surface area contributed by atoms with Crippen LogP contribution in [0.15, 0.2) is 28.7 Å². The first kappa shape index (κ1) is 27.3. The van der Waals surface area contributed by atoms with Gasteiger partial charge in [0.2, 0.25) is 5.89 Å². The molecule has 11 nitrogen and oxygen atoms in total. The number of oxazole rings is 1. The number of carbonyl (C=O) groups is 1. The average Bonchev–Trinajstić information content (AvgIpc) is 3.25. The zero-order valence-electron chi connectivity index (χ0n) is 19.8. The lowest BCUT2D eigenvalue weighted by molar-refractivity contribution is -0.140. The predicted molar refractivity (Wildman–Crippen MR) is 124 cm³/mol. The van der Waals surface area contributed by atoms with Crippen molar-refractivity contribution in [1.82, 2.24) is 24.3 Å². The van der Waals surface area contributed by atoms with E-state index in [1.165, 1.54) is 39.4 Å². The van der Waals surface area contributed by atoms with Crippen LogP contribution in [0.3, 0.4) is 0 Å². The number of alkyl halides is 3. The van der Waals surface area contributed by atoms with Crippen LogP contribution in [0.4, 0.5) is 13.2 Å². The van der Waals surface area contributed by atoms with Crippen molar-refractivity contribution in [3.63, 3.8) is 0 Å². The molecular weight excluding hydrogens is 505 g/mol. The molecule has 2 aromatic heterocycles. The van der Waals surface area contributed by atoms with Gasteiger partial charge in [-0.3, -0.25) is 4.79 Å². The van der Waals surface area contributed by atoms with Crippen molar-refractivity contribution >= 4 is 27.0 Å². The second kappa shape index (κ2) is 10.4. The number of ether oxygens (including phenoxy) is 1. The van der Waals surface area contributed by atoms with Crippen molar-refractivity contribution in [1.29, 1.82) is 0 Å². The molecule has 3 rings (SSSR count). The van der Waals surface area contributed by atoms with E-state index in [-0.39, 0.29) is 52.7 Å². The SMILES string of the molecule is COc1ccc(-c2nc(C(=O)NCCNS(=O)(=O)N(C)C)c([C@H](C)N)o2)c2ccc(C(F)(F)F)nc12. The second-order valence-electron chi connectivity index (χ2n) is 7.86. The molecule has 1 atom stereocenters. The number of nitrogens with one attached hydrogen (secondary N) is 2. The maximum absolute atomic E-state index is 13.2. The van der Waals surface area contributed by atoms with Gasteiger partial charge in [-0.25, -0.2) is 14.7 Å². The Morgan fingerprint density at radius 2 is 1.89 bits per heavy atom. The number of aromatic nitrogens is 2. The van der Waals surface area contributed by atoms with Crippen LogP contribution >= 0.6 is 0 Å². The Morgan fingerprint density at radius 3 is 2.47 bits per heavy atom. The fourth-order valence-electron chi connectivity index (χ4n) is 3.19. The molecule has 1 aromatic carbocycles. The number of nitrogens with zero attached hydrogens (tertiary/aromatic N) is 3. The molecule has 196 valence electrons. The summed E-state index contributed by atoms with van der Waals surface area (Å²) in [5, 5.41) is 2.78. The number of carbonyl (C=O) groups excluding carboxylic acids is 1. The molecule has 0 aliphatic heterocycles. The first-order valence-electron chi connectivity index (χ1n) is 10.5. The number of hydrogen-bond acceptors (Lipinski definition) is 8. The van der Waals surface area contributed by atoms with Crippen molar-refractivity contribution in [2.24, 2.45) is 5.73 Å². The van der Waals surface area contributed by atoms with Gasteiger partial charge in [0.05, 0.1) is 13.2 Å². The minimum Gasteiger partial charge on any atom is -0.494 e. The van der Waals surface area contributed by atoms with E-state index in [1.54, 1.807) is 6.92 Å². The molecule has 0 spiro atoms. The summed E-state index contributed by atoms with van der Waals surface area (Å²) >= 11 is 0. The number of amides is 1. The number of halogens is 3. The Bertz CT molecular complexity index is 1370. The standard InChI is InChI=1S/C21H25F3N6O5S/c1-11(25)18-17(19(31)26-9-10-27-36(32,33)30(2)3)29-20(35-18)13-5-7-14(34-4)16-12(13)6-8-15(28-16)21(22,23)24/h5-8,11,27H,9-10,25H2,1-4H3,(H,26,31)/t11-/m0/s1. The second-order valence-corrected chi connectivity index (χ2v) is 9.83. The highest BCUT2D eigenvalue weighted by Crippen LogP contribution is 2.37. The summed E-state index contributed by atoms with van der Waals surface area (Å²) in [6, 6.07) is 4.22. The number of fused-ring (bicyclic) bond motifs is 1. The number of hydrogen-bond donors (Lipinski definition) is 3. The van der Waals surface area contributed by atoms with Crippen molar-refractivity contribution in [3.05, 3.63) is 41.4 Å². The summed E-state index contributed by atoms with van der Waals surface area (Å²) in [5.41, 5.74) is 4.91. The van der Waals surface area contributed by atoms with Gasteiger partial charge in [-0.15, -0.1) is 0 Å². The summed E-state index contributed by atoms with van der Waals surface area (Å²) in [4.78, 5) is 20.7. The third kappa shape index (κ3) is 5.75. The Kier molecular flexibility index (Phi) is 7.88. The Balaban J connectivity index is 1.95. The van der Waals surface area contributed by atoms with Crippen molar-refractivity contribution < 1.29 is 35.5 Å². The van der Waals surface area contributed by atoms with E-state index in [0.717, 1.165) is 10.4 Å². The predicted octanol–water partition coefficient (Wildman–Crippen LogP) is 2.06. The van der Waals surface area contributed by atoms with Crippen LogP contribution < -0.4 is 20.5 Å². The molecule has 0 unspecified atom stereocenters. The van der Waals surface area contributed by atoms with E-state index in [1.807, 2.05) is 0 Å². The van der Waals surface area contributed by atoms with Gasteiger partial charge in [0.15, 0.2) is 11.5 Å². The molecule has 0 aliphatic rings. The minimum atomic E-state index is -4.66. The molecule has 0 aliphatic carbocycles. The summed E-state index contributed by atoms with van der Waals surface area (Å²) in [6.07, 6.45) is -4.66. The van der Waals surface area contributed by atoms with E-state index in [2.05, 4.69) is 20.0 Å². The smallest absolute Gasteiger partial charge is 0.433 e. The van der Waals surface area contributed by atoms with Crippen LogP contribution in [0.2, 0.25) is 0 Å². The van der Waals surface area contributed by atoms with E-state index in [9.17, 15) is 26.4 Å². The average molecular weight is 531 g/mol. The lowest BCUT2D eigenvalue weighted by Gasteiger charge is -2.12. The van der Waals surface area contributed by atoms with Crippen molar-refractivity contribution in [3.8, 4) is 17.2 Å². The fraction of sp³-hybridized carbons (Fsp3) is 0.381. The van der Waals surface area contributed by atoms with Crippen LogP contribution in [0.25, 0.3) is 22.4 Å². The number of rotatable bonds is 9. The first-order chi connectivity index (χ1) is 16.8. The zero-order chi connectivity index (χ0) is 26.8.